The van der Waals surface area contributed by atoms with Crippen molar-refractivity contribution in [1.82, 2.24) is 10.2 Å². The zero-order valence-electron chi connectivity index (χ0n) is 16.7. The van der Waals surface area contributed by atoms with Crippen molar-refractivity contribution in [2.45, 2.75) is 27.3 Å². The van der Waals surface area contributed by atoms with Crippen LogP contribution in [0.25, 0.3) is 0 Å². The van der Waals surface area contributed by atoms with E-state index in [4.69, 9.17) is 0 Å². The molecule has 3 rings (SSSR count). The van der Waals surface area contributed by atoms with Crippen molar-refractivity contribution in [3.8, 4) is 0 Å². The molecule has 0 radical (unpaired) electrons. The summed E-state index contributed by atoms with van der Waals surface area (Å²) in [6, 6.07) is 16.8. The van der Waals surface area contributed by atoms with Crippen molar-refractivity contribution in [1.29, 1.82) is 0 Å². The van der Waals surface area contributed by atoms with Gasteiger partial charge in [-0.15, -0.1) is 0 Å². The number of piperazine rings is 1. The van der Waals surface area contributed by atoms with Crippen molar-refractivity contribution in [3.05, 3.63) is 65.2 Å². The summed E-state index contributed by atoms with van der Waals surface area (Å²) in [5.41, 5.74) is 4.62. The van der Waals surface area contributed by atoms with E-state index >= 15 is 0 Å². The van der Waals surface area contributed by atoms with Gasteiger partial charge in [0.2, 0.25) is 0 Å². The van der Waals surface area contributed by atoms with Gasteiger partial charge >= 0.3 is 0 Å². The van der Waals surface area contributed by atoms with E-state index in [0.717, 1.165) is 38.3 Å². The fraction of sp³-hybridized carbons (Fsp3) is 0.435. The number of amides is 1. The van der Waals surface area contributed by atoms with Crippen LogP contribution in [0.5, 0.6) is 0 Å². The molecule has 4 heteroatoms. The van der Waals surface area contributed by atoms with Gasteiger partial charge in [0.1, 0.15) is 0 Å². The van der Waals surface area contributed by atoms with Gasteiger partial charge in [0.25, 0.3) is 5.91 Å². The van der Waals surface area contributed by atoms with E-state index in [2.05, 4.69) is 72.3 Å². The largest absolute Gasteiger partial charge is 0.369 e. The number of carbonyl (C=O) groups excluding carboxylic acids is 1. The van der Waals surface area contributed by atoms with E-state index in [-0.39, 0.29) is 5.91 Å². The molecule has 0 saturated carbocycles. The predicted molar refractivity (Wildman–Crippen MR) is 112 cm³/mol. The number of aryl methyl sites for hydroxylation is 1. The molecule has 27 heavy (non-hydrogen) atoms. The smallest absolute Gasteiger partial charge is 0.251 e. The third kappa shape index (κ3) is 5.57. The van der Waals surface area contributed by atoms with Crippen LogP contribution in [0.15, 0.2) is 48.5 Å². The first-order valence-electron chi connectivity index (χ1n) is 9.92. The normalized spacial score (nSPS) is 15.2. The van der Waals surface area contributed by atoms with E-state index in [1.54, 1.807) is 0 Å². The molecule has 2 aromatic rings. The number of rotatable bonds is 6. The van der Waals surface area contributed by atoms with E-state index in [1.807, 2.05) is 12.1 Å². The third-order valence-electron chi connectivity index (χ3n) is 5.06. The first-order chi connectivity index (χ1) is 13.0. The maximum absolute atomic E-state index is 12.1. The van der Waals surface area contributed by atoms with Gasteiger partial charge in [-0.2, -0.15) is 0 Å². The number of anilines is 1. The topological polar surface area (TPSA) is 35.6 Å². The van der Waals surface area contributed by atoms with Crippen molar-refractivity contribution in [2.24, 2.45) is 5.92 Å². The summed E-state index contributed by atoms with van der Waals surface area (Å²) in [7, 11) is 0. The quantitative estimate of drug-likeness (QED) is 0.848. The average Bonchev–Trinajstić information content (AvgIpc) is 2.68. The number of nitrogens with zero attached hydrogens (tertiary/aromatic N) is 2. The lowest BCUT2D eigenvalue weighted by atomic mass is 10.1. The van der Waals surface area contributed by atoms with Gasteiger partial charge in [-0.3, -0.25) is 9.69 Å². The summed E-state index contributed by atoms with van der Waals surface area (Å²) >= 11 is 0. The first-order valence-corrected chi connectivity index (χ1v) is 9.92. The van der Waals surface area contributed by atoms with Crippen LogP contribution in [0.3, 0.4) is 0 Å². The molecular formula is C23H31N3O. The summed E-state index contributed by atoms with van der Waals surface area (Å²) < 4.78 is 0. The monoisotopic (exact) mass is 365 g/mol. The van der Waals surface area contributed by atoms with Gasteiger partial charge in [-0.1, -0.05) is 43.7 Å². The molecule has 1 fully saturated rings. The average molecular weight is 366 g/mol. The Labute approximate surface area is 163 Å². The van der Waals surface area contributed by atoms with Crippen LogP contribution < -0.4 is 10.2 Å². The number of carbonyl (C=O) groups is 1. The van der Waals surface area contributed by atoms with Gasteiger partial charge in [0.15, 0.2) is 0 Å². The van der Waals surface area contributed by atoms with Crippen LogP contribution >= 0.6 is 0 Å². The molecule has 1 heterocycles. The van der Waals surface area contributed by atoms with Crippen molar-refractivity contribution < 1.29 is 4.79 Å². The van der Waals surface area contributed by atoms with Crippen molar-refractivity contribution >= 4 is 11.6 Å². The lowest BCUT2D eigenvalue weighted by Crippen LogP contribution is -2.45. The minimum absolute atomic E-state index is 0.0157. The van der Waals surface area contributed by atoms with E-state index in [1.165, 1.54) is 16.8 Å². The Kier molecular flexibility index (Phi) is 6.51. The van der Waals surface area contributed by atoms with Crippen LogP contribution in [-0.2, 0) is 6.54 Å². The van der Waals surface area contributed by atoms with E-state index < -0.39 is 0 Å². The highest BCUT2D eigenvalue weighted by Crippen LogP contribution is 2.18. The fourth-order valence-electron chi connectivity index (χ4n) is 3.34. The molecule has 0 atom stereocenters. The summed E-state index contributed by atoms with van der Waals surface area (Å²) in [6.45, 7) is 12.2. The maximum Gasteiger partial charge on any atom is 0.251 e. The lowest BCUT2D eigenvalue weighted by Gasteiger charge is -2.36. The van der Waals surface area contributed by atoms with E-state index in [9.17, 15) is 4.79 Å². The molecule has 144 valence electrons. The molecule has 1 saturated heterocycles. The SMILES string of the molecule is Cc1ccc(N2CCN(Cc3ccc(C(=O)NCC(C)C)cc3)CC2)cc1. The molecule has 2 aromatic carbocycles. The molecule has 1 aliphatic heterocycles. The van der Waals surface area contributed by atoms with Crippen molar-refractivity contribution in [2.75, 3.05) is 37.6 Å². The Morgan fingerprint density at radius 3 is 2.19 bits per heavy atom. The van der Waals surface area contributed by atoms with Crippen LogP contribution in [0, 0.1) is 12.8 Å². The molecule has 1 aliphatic rings. The molecule has 0 unspecified atom stereocenters. The van der Waals surface area contributed by atoms with Crippen LogP contribution in [0.1, 0.15) is 35.3 Å². The van der Waals surface area contributed by atoms with Gasteiger partial charge in [0, 0.05) is 50.5 Å². The number of benzene rings is 2. The maximum atomic E-state index is 12.1. The van der Waals surface area contributed by atoms with Crippen molar-refractivity contribution in [3.63, 3.8) is 0 Å². The summed E-state index contributed by atoms with van der Waals surface area (Å²) in [6.07, 6.45) is 0. The number of nitrogens with one attached hydrogen (secondary N) is 1. The standard InChI is InChI=1S/C23H31N3O/c1-18(2)16-24-23(27)21-8-6-20(7-9-21)17-25-12-14-26(15-13-25)22-10-4-19(3)5-11-22/h4-11,18H,12-17H2,1-3H3,(H,24,27). The van der Waals surface area contributed by atoms with E-state index in [0.29, 0.717) is 12.5 Å². The van der Waals surface area contributed by atoms with Gasteiger partial charge in [0.05, 0.1) is 0 Å². The molecule has 0 aromatic heterocycles. The Balaban J connectivity index is 1.48. The molecule has 4 nitrogen and oxygen atoms in total. The fourth-order valence-corrected chi connectivity index (χ4v) is 3.34. The molecular weight excluding hydrogens is 334 g/mol. The summed E-state index contributed by atoms with van der Waals surface area (Å²) in [4.78, 5) is 17.1. The zero-order chi connectivity index (χ0) is 19.2. The Morgan fingerprint density at radius 1 is 0.963 bits per heavy atom. The highest BCUT2D eigenvalue weighted by Gasteiger charge is 2.17. The molecule has 0 spiro atoms. The first kappa shape index (κ1) is 19.4. The van der Waals surface area contributed by atoms with Crippen LogP contribution in [0.4, 0.5) is 5.69 Å². The molecule has 1 N–H and O–H groups in total. The second-order valence-electron chi connectivity index (χ2n) is 7.90. The molecule has 1 amide bonds. The highest BCUT2D eigenvalue weighted by molar-refractivity contribution is 5.94. The Bertz CT molecular complexity index is 729. The van der Waals surface area contributed by atoms with Crippen LogP contribution in [-0.4, -0.2) is 43.5 Å². The Hall–Kier alpha value is -2.33. The third-order valence-corrected chi connectivity index (χ3v) is 5.06. The summed E-state index contributed by atoms with van der Waals surface area (Å²) in [5.74, 6) is 0.480. The van der Waals surface area contributed by atoms with Gasteiger partial charge < -0.3 is 10.2 Å². The minimum Gasteiger partial charge on any atom is -0.369 e. The van der Waals surface area contributed by atoms with Crippen LogP contribution in [0.2, 0.25) is 0 Å². The second-order valence-corrected chi connectivity index (χ2v) is 7.90. The molecule has 0 bridgehead atoms. The second kappa shape index (κ2) is 9.05. The molecule has 0 aliphatic carbocycles. The highest BCUT2D eigenvalue weighted by atomic mass is 16.1. The lowest BCUT2D eigenvalue weighted by molar-refractivity contribution is 0.0949. The zero-order valence-corrected chi connectivity index (χ0v) is 16.7. The summed E-state index contributed by atoms with van der Waals surface area (Å²) in [5, 5.41) is 2.97. The minimum atomic E-state index is 0.0157. The van der Waals surface area contributed by atoms with Gasteiger partial charge in [-0.05, 0) is 42.7 Å². The van der Waals surface area contributed by atoms with Gasteiger partial charge in [-0.25, -0.2) is 0 Å². The predicted octanol–water partition coefficient (Wildman–Crippen LogP) is 3.70. The Morgan fingerprint density at radius 2 is 1.59 bits per heavy atom. The number of hydrogen-bond acceptors (Lipinski definition) is 3. The number of hydrogen-bond donors (Lipinski definition) is 1.